The summed E-state index contributed by atoms with van der Waals surface area (Å²) in [6.45, 7) is 5.11. The molecule has 0 saturated carbocycles. The number of benzene rings is 1. The van der Waals surface area contributed by atoms with Gasteiger partial charge in [-0.25, -0.2) is 0 Å². The molecule has 19 heavy (non-hydrogen) atoms. The van der Waals surface area contributed by atoms with E-state index in [1.807, 2.05) is 6.07 Å². The number of aromatic hydroxyl groups is 1. The van der Waals surface area contributed by atoms with Crippen LogP contribution >= 0.6 is 0 Å². The number of phenols is 1. The summed E-state index contributed by atoms with van der Waals surface area (Å²) in [7, 11) is 0. The number of carbonyl (C=O) groups excluding carboxylic acids is 1. The summed E-state index contributed by atoms with van der Waals surface area (Å²) in [4.78, 5) is 11.6. The molecule has 0 heterocycles. The molecule has 0 spiro atoms. The van der Waals surface area contributed by atoms with Crippen LogP contribution in [0.3, 0.4) is 0 Å². The van der Waals surface area contributed by atoms with Crippen molar-refractivity contribution in [1.29, 1.82) is 5.26 Å². The normalized spacial score (nSPS) is 11.6. The molecule has 5 nitrogen and oxygen atoms in total. The summed E-state index contributed by atoms with van der Waals surface area (Å²) in [6, 6.07) is 5.16. The van der Waals surface area contributed by atoms with E-state index in [0.29, 0.717) is 16.8 Å². The number of allylic oxidation sites excluding steroid dienone is 1. The van der Waals surface area contributed by atoms with Crippen molar-refractivity contribution >= 4 is 11.6 Å². The maximum Gasteiger partial charge on any atom is 0.290 e. The minimum Gasteiger partial charge on any atom is -0.508 e. The Morgan fingerprint density at radius 1 is 1.42 bits per heavy atom. The number of hydrogen-bond donors (Lipinski definition) is 1. The standard InChI is InChI=1S/C14H15N3O2/c1-9(5-4-6-15)14(19)17-16-12-7-11(3)13(18)8-10(12)2/h5,7-8,18H,4H2,1-3H3/b9-5+,17-16?. The molecule has 0 atom stereocenters. The first kappa shape index (κ1) is 14.6. The van der Waals surface area contributed by atoms with Crippen molar-refractivity contribution in [3.05, 3.63) is 34.9 Å². The second-order valence-electron chi connectivity index (χ2n) is 4.18. The van der Waals surface area contributed by atoms with E-state index in [2.05, 4.69) is 10.2 Å². The molecule has 1 N–H and O–H groups in total. The lowest BCUT2D eigenvalue weighted by Gasteiger charge is -2.03. The van der Waals surface area contributed by atoms with Gasteiger partial charge >= 0.3 is 0 Å². The van der Waals surface area contributed by atoms with E-state index in [4.69, 9.17) is 5.26 Å². The summed E-state index contributed by atoms with van der Waals surface area (Å²) in [5.41, 5.74) is 2.33. The van der Waals surface area contributed by atoms with Gasteiger partial charge in [-0.15, -0.1) is 10.2 Å². The van der Waals surface area contributed by atoms with Crippen LogP contribution in [0.15, 0.2) is 34.0 Å². The third kappa shape index (κ3) is 4.03. The van der Waals surface area contributed by atoms with Gasteiger partial charge in [0.1, 0.15) is 5.75 Å². The van der Waals surface area contributed by atoms with Gasteiger partial charge in [-0.05, 0) is 44.0 Å². The van der Waals surface area contributed by atoms with Crippen LogP contribution in [-0.2, 0) is 4.79 Å². The number of azo groups is 1. The lowest BCUT2D eigenvalue weighted by Crippen LogP contribution is -1.93. The average Bonchev–Trinajstić information content (AvgIpc) is 2.38. The predicted octanol–water partition coefficient (Wildman–Crippen LogP) is 3.48. The maximum absolute atomic E-state index is 11.6. The number of nitrogens with zero attached hydrogens (tertiary/aromatic N) is 3. The first-order valence-corrected chi connectivity index (χ1v) is 5.75. The molecule has 0 fully saturated rings. The van der Waals surface area contributed by atoms with Gasteiger partial charge in [0.2, 0.25) is 0 Å². The molecule has 0 aliphatic carbocycles. The Kier molecular flexibility index (Phi) is 4.95. The predicted molar refractivity (Wildman–Crippen MR) is 71.1 cm³/mol. The van der Waals surface area contributed by atoms with Gasteiger partial charge in [0.25, 0.3) is 5.91 Å². The second-order valence-corrected chi connectivity index (χ2v) is 4.18. The highest BCUT2D eigenvalue weighted by atomic mass is 16.3. The fourth-order valence-electron chi connectivity index (χ4n) is 1.36. The summed E-state index contributed by atoms with van der Waals surface area (Å²) in [5, 5.41) is 25.4. The van der Waals surface area contributed by atoms with Gasteiger partial charge in [-0.3, -0.25) is 4.79 Å². The van der Waals surface area contributed by atoms with Crippen LogP contribution in [0.5, 0.6) is 5.75 Å². The minimum absolute atomic E-state index is 0.171. The fourth-order valence-corrected chi connectivity index (χ4v) is 1.36. The van der Waals surface area contributed by atoms with Crippen LogP contribution in [0, 0.1) is 25.2 Å². The number of nitriles is 1. The van der Waals surface area contributed by atoms with Crippen LogP contribution in [0.1, 0.15) is 24.5 Å². The maximum atomic E-state index is 11.6. The summed E-state index contributed by atoms with van der Waals surface area (Å²) in [5.74, 6) is -0.284. The van der Waals surface area contributed by atoms with Crippen molar-refractivity contribution < 1.29 is 9.90 Å². The highest BCUT2D eigenvalue weighted by Crippen LogP contribution is 2.27. The topological polar surface area (TPSA) is 85.8 Å². The highest BCUT2D eigenvalue weighted by Gasteiger charge is 2.05. The Morgan fingerprint density at radius 3 is 2.74 bits per heavy atom. The Bertz CT molecular complexity index is 595. The molecule has 0 aromatic heterocycles. The van der Waals surface area contributed by atoms with Gasteiger partial charge in [0, 0.05) is 5.57 Å². The van der Waals surface area contributed by atoms with Crippen molar-refractivity contribution in [3.63, 3.8) is 0 Å². The first-order valence-electron chi connectivity index (χ1n) is 5.75. The molecule has 1 aromatic carbocycles. The first-order chi connectivity index (χ1) is 8.95. The zero-order valence-electron chi connectivity index (χ0n) is 11.1. The SMILES string of the molecule is C/C(=C\CC#N)C(=O)N=Nc1cc(C)c(O)cc1C. The van der Waals surface area contributed by atoms with Crippen LogP contribution in [0.25, 0.3) is 0 Å². The van der Waals surface area contributed by atoms with E-state index < -0.39 is 5.91 Å². The second kappa shape index (κ2) is 6.45. The third-order valence-corrected chi connectivity index (χ3v) is 2.60. The molecule has 0 aliphatic rings. The van der Waals surface area contributed by atoms with Gasteiger partial charge in [0.05, 0.1) is 18.2 Å². The molecule has 0 radical (unpaired) electrons. The third-order valence-electron chi connectivity index (χ3n) is 2.60. The molecule has 1 aromatic rings. The molecule has 0 unspecified atom stereocenters. The quantitative estimate of drug-likeness (QED) is 0.664. The lowest BCUT2D eigenvalue weighted by molar-refractivity contribution is -0.114. The van der Waals surface area contributed by atoms with Crippen LogP contribution in [-0.4, -0.2) is 11.0 Å². The molecule has 0 saturated heterocycles. The van der Waals surface area contributed by atoms with E-state index in [-0.39, 0.29) is 12.2 Å². The Hall–Kier alpha value is -2.48. The van der Waals surface area contributed by atoms with Crippen LogP contribution in [0.4, 0.5) is 5.69 Å². The van der Waals surface area contributed by atoms with Crippen LogP contribution in [0.2, 0.25) is 0 Å². The van der Waals surface area contributed by atoms with Crippen LogP contribution < -0.4 is 0 Å². The van der Waals surface area contributed by atoms with E-state index in [0.717, 1.165) is 5.56 Å². The van der Waals surface area contributed by atoms with E-state index in [1.54, 1.807) is 32.9 Å². The Labute approximate surface area is 111 Å². The highest BCUT2D eigenvalue weighted by molar-refractivity contribution is 5.93. The van der Waals surface area contributed by atoms with E-state index >= 15 is 0 Å². The number of amides is 1. The number of rotatable bonds is 3. The van der Waals surface area contributed by atoms with Gasteiger partial charge in [-0.1, -0.05) is 6.08 Å². The van der Waals surface area contributed by atoms with Crippen molar-refractivity contribution in [3.8, 4) is 11.8 Å². The van der Waals surface area contributed by atoms with Crippen molar-refractivity contribution in [2.75, 3.05) is 0 Å². The van der Waals surface area contributed by atoms with Crippen molar-refractivity contribution in [2.24, 2.45) is 10.2 Å². The molecule has 0 aliphatic heterocycles. The number of phenolic OH excluding ortho intramolecular Hbond substituents is 1. The van der Waals surface area contributed by atoms with Gasteiger partial charge in [-0.2, -0.15) is 5.26 Å². The minimum atomic E-state index is -0.472. The Balaban J connectivity index is 2.91. The van der Waals surface area contributed by atoms with Gasteiger partial charge in [0.15, 0.2) is 0 Å². The zero-order valence-corrected chi connectivity index (χ0v) is 11.1. The fraction of sp³-hybridized carbons (Fsp3) is 0.286. The Morgan fingerprint density at radius 2 is 2.11 bits per heavy atom. The monoisotopic (exact) mass is 257 g/mol. The summed E-state index contributed by atoms with van der Waals surface area (Å²) in [6.07, 6.45) is 1.68. The molecule has 1 amide bonds. The van der Waals surface area contributed by atoms with E-state index in [9.17, 15) is 9.90 Å². The molecule has 0 bridgehead atoms. The smallest absolute Gasteiger partial charge is 0.290 e. The number of hydrogen-bond acceptors (Lipinski definition) is 4. The average molecular weight is 257 g/mol. The van der Waals surface area contributed by atoms with Gasteiger partial charge < -0.3 is 5.11 Å². The summed E-state index contributed by atoms with van der Waals surface area (Å²) >= 11 is 0. The molecular formula is C14H15N3O2. The number of carbonyl (C=O) groups is 1. The van der Waals surface area contributed by atoms with Crippen molar-refractivity contribution in [1.82, 2.24) is 0 Å². The summed E-state index contributed by atoms with van der Waals surface area (Å²) < 4.78 is 0. The molecule has 1 rings (SSSR count). The molecule has 5 heteroatoms. The largest absolute Gasteiger partial charge is 0.508 e. The molecule has 98 valence electrons. The number of aryl methyl sites for hydroxylation is 2. The molecular weight excluding hydrogens is 242 g/mol. The zero-order chi connectivity index (χ0) is 14.4. The van der Waals surface area contributed by atoms with Crippen molar-refractivity contribution in [2.45, 2.75) is 27.2 Å². The van der Waals surface area contributed by atoms with E-state index in [1.165, 1.54) is 6.08 Å². The lowest BCUT2D eigenvalue weighted by atomic mass is 10.1.